The number of ether oxygens (including phenoxy) is 1. The lowest BCUT2D eigenvalue weighted by molar-refractivity contribution is 0.476. The van der Waals surface area contributed by atoms with Gasteiger partial charge in [-0.05, 0) is 71.8 Å². The van der Waals surface area contributed by atoms with Crippen molar-refractivity contribution in [1.82, 2.24) is 4.57 Å². The van der Waals surface area contributed by atoms with Crippen LogP contribution in [0.25, 0.3) is 82.5 Å². The Morgan fingerprint density at radius 3 is 1.70 bits per heavy atom. The van der Waals surface area contributed by atoms with Crippen molar-refractivity contribution in [1.29, 1.82) is 0 Å². The number of rotatable bonds is 4. The summed E-state index contributed by atoms with van der Waals surface area (Å²) in [5.41, 5.74) is 11.8. The second-order valence-corrected chi connectivity index (χ2v) is 13.7. The standard InChI is InChI=1S/C48H28N2O3/c1-4-18-42-33(10-1)36-13-7-16-39(47(36)52-42)49(40-17-8-14-37-34-11-2-5-19-43(34)53-48(37)40)31-25-22-29(23-26-31)30-24-27-32-35-12-9-21-45-46(35)50(41(32)28-30)38-15-3-6-20-44(38)51-45/h1-28H. The fourth-order valence-electron chi connectivity index (χ4n) is 8.42. The minimum absolute atomic E-state index is 0.828. The van der Waals surface area contributed by atoms with Gasteiger partial charge in [0, 0.05) is 38.0 Å². The normalized spacial score (nSPS) is 12.3. The summed E-state index contributed by atoms with van der Waals surface area (Å²) in [7, 11) is 0. The molecule has 11 aromatic rings. The maximum Gasteiger partial charge on any atom is 0.159 e. The molecule has 248 valence electrons. The Morgan fingerprint density at radius 1 is 0.415 bits per heavy atom. The summed E-state index contributed by atoms with van der Waals surface area (Å²) in [6, 6.07) is 59.4. The van der Waals surface area contributed by atoms with Crippen molar-refractivity contribution < 1.29 is 13.6 Å². The Labute approximate surface area is 303 Å². The average Bonchev–Trinajstić information content (AvgIpc) is 3.90. The summed E-state index contributed by atoms with van der Waals surface area (Å²) >= 11 is 0. The molecule has 0 unspecified atom stereocenters. The van der Waals surface area contributed by atoms with Crippen LogP contribution in [0.4, 0.5) is 17.1 Å². The van der Waals surface area contributed by atoms with Crippen molar-refractivity contribution in [2.45, 2.75) is 0 Å². The van der Waals surface area contributed by atoms with Gasteiger partial charge in [-0.3, -0.25) is 0 Å². The van der Waals surface area contributed by atoms with E-state index < -0.39 is 0 Å². The molecular weight excluding hydrogens is 653 g/mol. The molecule has 0 spiro atoms. The van der Waals surface area contributed by atoms with E-state index in [0.29, 0.717) is 0 Å². The molecule has 0 atom stereocenters. The summed E-state index contributed by atoms with van der Waals surface area (Å²) in [5.74, 6) is 1.74. The van der Waals surface area contributed by atoms with Crippen molar-refractivity contribution in [3.8, 4) is 28.3 Å². The van der Waals surface area contributed by atoms with Crippen LogP contribution >= 0.6 is 0 Å². The van der Waals surface area contributed by atoms with Crippen LogP contribution in [-0.2, 0) is 0 Å². The third-order valence-corrected chi connectivity index (χ3v) is 10.8. The molecule has 0 aliphatic carbocycles. The van der Waals surface area contributed by atoms with Crippen LogP contribution in [0.15, 0.2) is 179 Å². The first kappa shape index (κ1) is 28.5. The maximum atomic E-state index is 6.61. The molecule has 0 amide bonds. The summed E-state index contributed by atoms with van der Waals surface area (Å²) in [6.45, 7) is 0. The molecule has 8 aromatic carbocycles. The highest BCUT2D eigenvalue weighted by Crippen LogP contribution is 2.48. The number of hydrogen-bond acceptors (Lipinski definition) is 4. The minimum atomic E-state index is 0.828. The van der Waals surface area contributed by atoms with E-state index in [1.54, 1.807) is 0 Å². The minimum Gasteiger partial charge on any atom is -0.454 e. The largest absolute Gasteiger partial charge is 0.454 e. The van der Waals surface area contributed by atoms with Crippen LogP contribution in [-0.4, -0.2) is 4.57 Å². The quantitative estimate of drug-likeness (QED) is 0.186. The van der Waals surface area contributed by atoms with Crippen LogP contribution in [0, 0.1) is 0 Å². The maximum absolute atomic E-state index is 6.61. The summed E-state index contributed by atoms with van der Waals surface area (Å²) in [4.78, 5) is 2.27. The average molecular weight is 681 g/mol. The topological polar surface area (TPSA) is 43.7 Å². The third kappa shape index (κ3) is 4.02. The molecule has 0 saturated heterocycles. The molecule has 5 heteroatoms. The van der Waals surface area contributed by atoms with E-state index in [4.69, 9.17) is 13.6 Å². The number of hydrogen-bond donors (Lipinski definition) is 0. The number of benzene rings is 8. The Kier molecular flexibility index (Phi) is 5.71. The number of furan rings is 2. The van der Waals surface area contributed by atoms with Gasteiger partial charge in [-0.1, -0.05) is 109 Å². The molecule has 0 N–H and O–H groups in total. The van der Waals surface area contributed by atoms with E-state index in [1.165, 1.54) is 10.8 Å². The lowest BCUT2D eigenvalue weighted by Gasteiger charge is -2.25. The molecule has 12 rings (SSSR count). The molecule has 0 bridgehead atoms. The first-order valence-electron chi connectivity index (χ1n) is 17.8. The highest BCUT2D eigenvalue weighted by molar-refractivity contribution is 6.15. The molecule has 0 fully saturated rings. The first-order valence-corrected chi connectivity index (χ1v) is 17.8. The van der Waals surface area contributed by atoms with Crippen molar-refractivity contribution in [2.24, 2.45) is 0 Å². The number of fused-ring (bicyclic) bond motifs is 11. The van der Waals surface area contributed by atoms with Crippen molar-refractivity contribution >= 4 is 82.7 Å². The third-order valence-electron chi connectivity index (χ3n) is 10.8. The van der Waals surface area contributed by atoms with Gasteiger partial charge in [-0.25, -0.2) is 0 Å². The Balaban J connectivity index is 1.05. The lowest BCUT2D eigenvalue weighted by Crippen LogP contribution is -2.10. The molecule has 4 heterocycles. The van der Waals surface area contributed by atoms with Gasteiger partial charge in [0.15, 0.2) is 22.7 Å². The van der Waals surface area contributed by atoms with Crippen molar-refractivity contribution in [3.05, 3.63) is 170 Å². The number of para-hydroxylation sites is 7. The van der Waals surface area contributed by atoms with Crippen LogP contribution in [0.1, 0.15) is 0 Å². The van der Waals surface area contributed by atoms with Crippen LogP contribution < -0.4 is 9.64 Å². The number of nitrogens with zero attached hydrogens (tertiary/aromatic N) is 2. The van der Waals surface area contributed by atoms with E-state index in [9.17, 15) is 0 Å². The fraction of sp³-hybridized carbons (Fsp3) is 0. The van der Waals surface area contributed by atoms with E-state index in [-0.39, 0.29) is 0 Å². The zero-order chi connectivity index (χ0) is 34.6. The second kappa shape index (κ2) is 10.6. The predicted molar refractivity (Wildman–Crippen MR) is 216 cm³/mol. The van der Waals surface area contributed by atoms with Gasteiger partial charge in [0.05, 0.1) is 28.1 Å². The molecule has 0 radical (unpaired) electrons. The number of anilines is 3. The van der Waals surface area contributed by atoms with Gasteiger partial charge in [-0.15, -0.1) is 0 Å². The number of aromatic nitrogens is 1. The molecule has 0 saturated carbocycles. The summed E-state index contributed by atoms with van der Waals surface area (Å²) in [6.07, 6.45) is 0. The van der Waals surface area contributed by atoms with E-state index in [0.717, 1.165) is 100 Å². The smallest absolute Gasteiger partial charge is 0.159 e. The van der Waals surface area contributed by atoms with Gasteiger partial charge in [0.2, 0.25) is 0 Å². The van der Waals surface area contributed by atoms with E-state index in [2.05, 4.69) is 143 Å². The monoisotopic (exact) mass is 680 g/mol. The SMILES string of the molecule is c1ccc2c(c1)Oc1cccc3c4ccc(-c5ccc(N(c6cccc7c6oc6ccccc67)c6cccc7c6oc6ccccc67)cc5)cc4n-2c13. The zero-order valence-electron chi connectivity index (χ0n) is 28.3. The summed E-state index contributed by atoms with van der Waals surface area (Å²) < 4.78 is 21.9. The Hall–Kier alpha value is -7.24. The van der Waals surface area contributed by atoms with Crippen molar-refractivity contribution in [2.75, 3.05) is 4.90 Å². The molecular formula is C48H28N2O3. The van der Waals surface area contributed by atoms with Crippen LogP contribution in [0.3, 0.4) is 0 Å². The van der Waals surface area contributed by atoms with Crippen molar-refractivity contribution in [3.63, 3.8) is 0 Å². The van der Waals surface area contributed by atoms with Gasteiger partial charge < -0.3 is 23.0 Å². The summed E-state index contributed by atoms with van der Waals surface area (Å²) in [5, 5.41) is 6.72. The van der Waals surface area contributed by atoms with Crippen LogP contribution in [0.2, 0.25) is 0 Å². The van der Waals surface area contributed by atoms with Gasteiger partial charge in [-0.2, -0.15) is 0 Å². The predicted octanol–water partition coefficient (Wildman–Crippen LogP) is 13.8. The van der Waals surface area contributed by atoms with E-state index in [1.807, 2.05) is 36.4 Å². The first-order chi connectivity index (χ1) is 26.3. The van der Waals surface area contributed by atoms with Crippen LogP contribution in [0.5, 0.6) is 11.5 Å². The molecule has 3 aromatic heterocycles. The highest BCUT2D eigenvalue weighted by atomic mass is 16.5. The molecule has 53 heavy (non-hydrogen) atoms. The fourth-order valence-corrected chi connectivity index (χ4v) is 8.42. The van der Waals surface area contributed by atoms with Gasteiger partial charge >= 0.3 is 0 Å². The zero-order valence-corrected chi connectivity index (χ0v) is 28.3. The van der Waals surface area contributed by atoms with Gasteiger partial charge in [0.25, 0.3) is 0 Å². The van der Waals surface area contributed by atoms with Gasteiger partial charge in [0.1, 0.15) is 11.2 Å². The molecule has 1 aliphatic rings. The Bertz CT molecular complexity index is 3160. The lowest BCUT2D eigenvalue weighted by atomic mass is 10.0. The molecule has 1 aliphatic heterocycles. The second-order valence-electron chi connectivity index (χ2n) is 13.7. The highest BCUT2D eigenvalue weighted by Gasteiger charge is 2.25. The van der Waals surface area contributed by atoms with E-state index >= 15 is 0 Å². The molecule has 5 nitrogen and oxygen atoms in total. The Morgan fingerprint density at radius 2 is 0.981 bits per heavy atom.